The molecule has 0 bridgehead atoms. The Morgan fingerprint density at radius 2 is 1.80 bits per heavy atom. The van der Waals surface area contributed by atoms with Gasteiger partial charge in [0.25, 0.3) is 5.91 Å². The Kier molecular flexibility index (Phi) is 6.68. The van der Waals surface area contributed by atoms with E-state index in [4.69, 9.17) is 5.11 Å². The Bertz CT molecular complexity index is 1940. The second-order valence-corrected chi connectivity index (χ2v) is 11.4. The third-order valence-electron chi connectivity index (χ3n) is 8.56. The molecule has 8 nitrogen and oxygen atoms in total. The lowest BCUT2D eigenvalue weighted by molar-refractivity contribution is -0.137. The Hall–Kier alpha value is -5.06. The van der Waals surface area contributed by atoms with E-state index in [2.05, 4.69) is 15.1 Å². The van der Waals surface area contributed by atoms with E-state index < -0.39 is 35.7 Å². The van der Waals surface area contributed by atoms with Gasteiger partial charge in [-0.2, -0.15) is 5.10 Å². The molecule has 44 heavy (non-hydrogen) atoms. The number of pyridine rings is 1. The lowest BCUT2D eigenvalue weighted by Crippen LogP contribution is -2.40. The molecule has 2 aromatic carbocycles. The molecule has 3 aromatic heterocycles. The van der Waals surface area contributed by atoms with Crippen LogP contribution in [0.1, 0.15) is 65.1 Å². The van der Waals surface area contributed by atoms with Gasteiger partial charge in [-0.15, -0.1) is 0 Å². The molecule has 5 aromatic rings. The van der Waals surface area contributed by atoms with Gasteiger partial charge in [-0.1, -0.05) is 30.3 Å². The van der Waals surface area contributed by atoms with Gasteiger partial charge in [-0.3, -0.25) is 14.6 Å². The minimum absolute atomic E-state index is 0.00447. The Morgan fingerprint density at radius 3 is 2.52 bits per heavy atom. The number of carbonyl (C=O) groups excluding carboxylic acids is 1. The molecule has 1 fully saturated rings. The third kappa shape index (κ3) is 4.87. The molecular formula is C33H26F3N5O3. The number of alkyl halides is 1. The molecule has 4 heterocycles. The summed E-state index contributed by atoms with van der Waals surface area (Å²) in [5.74, 6) is -2.47. The molecule has 1 saturated carbocycles. The van der Waals surface area contributed by atoms with Crippen molar-refractivity contribution in [2.24, 2.45) is 5.92 Å². The molecule has 1 aliphatic heterocycles. The second-order valence-electron chi connectivity index (χ2n) is 11.4. The van der Waals surface area contributed by atoms with Crippen LogP contribution in [0.15, 0.2) is 72.9 Å². The first-order valence-corrected chi connectivity index (χ1v) is 14.3. The predicted molar refractivity (Wildman–Crippen MR) is 154 cm³/mol. The molecule has 0 spiro atoms. The topological polar surface area (TPSA) is 101 Å². The third-order valence-corrected chi connectivity index (χ3v) is 8.56. The maximum absolute atomic E-state index is 15.4. The quantitative estimate of drug-likeness (QED) is 0.239. The standard InChI is InChI=1S/C33H26F3N5O3/c1-17-21-4-2-3-5-22(21)26(36)16-40(17)33(44)29-13-30(27-9-7-20(34)15-37-27)41-31(38-29)14-28(39-41)23-8-6-18(11-25(23)35)24-10-19(24)12-32(42)43/h2-9,11,13-15,17,19,24,26H,10,12,16H2,1H3,(H,42,43)/t17-,19-,24-,26?/m1/s1. The number of rotatable bonds is 6. The highest BCUT2D eigenvalue weighted by molar-refractivity contribution is 5.94. The monoisotopic (exact) mass is 597 g/mol. The number of hydrogen-bond donors (Lipinski definition) is 1. The number of aliphatic carboxylic acids is 1. The first-order chi connectivity index (χ1) is 21.2. The van der Waals surface area contributed by atoms with Gasteiger partial charge in [0, 0.05) is 18.1 Å². The number of amides is 1. The van der Waals surface area contributed by atoms with Gasteiger partial charge in [-0.25, -0.2) is 22.7 Å². The van der Waals surface area contributed by atoms with E-state index in [9.17, 15) is 14.0 Å². The highest BCUT2D eigenvalue weighted by atomic mass is 19.1. The SMILES string of the molecule is C[C@@H]1c2ccccc2C(F)CN1C(=O)c1cc(-c2ccc(F)cn2)n2nc(-c3ccc([C@H]4C[C@@H]4CC(=O)O)cc3F)cc2n1. The van der Waals surface area contributed by atoms with E-state index in [0.717, 1.165) is 11.8 Å². The Labute approximate surface area is 249 Å². The van der Waals surface area contributed by atoms with Crippen LogP contribution in [0.5, 0.6) is 0 Å². The fourth-order valence-electron chi connectivity index (χ4n) is 6.18. The number of nitrogens with zero attached hydrogens (tertiary/aromatic N) is 5. The summed E-state index contributed by atoms with van der Waals surface area (Å²) in [5, 5.41) is 13.6. The summed E-state index contributed by atoms with van der Waals surface area (Å²) in [6, 6.07) is 17.1. The van der Waals surface area contributed by atoms with Crippen LogP contribution in [-0.2, 0) is 4.79 Å². The molecule has 0 saturated heterocycles. The van der Waals surface area contributed by atoms with Gasteiger partial charge in [0.2, 0.25) is 0 Å². The lowest BCUT2D eigenvalue weighted by atomic mass is 9.92. The fourth-order valence-corrected chi connectivity index (χ4v) is 6.18. The van der Waals surface area contributed by atoms with Crippen molar-refractivity contribution in [3.8, 4) is 22.6 Å². The van der Waals surface area contributed by atoms with Crippen LogP contribution >= 0.6 is 0 Å². The van der Waals surface area contributed by atoms with Crippen molar-refractivity contribution in [2.45, 2.75) is 37.9 Å². The number of hydrogen-bond acceptors (Lipinski definition) is 5. The Balaban J connectivity index is 1.28. The van der Waals surface area contributed by atoms with E-state index in [-0.39, 0.29) is 47.4 Å². The van der Waals surface area contributed by atoms with Crippen molar-refractivity contribution < 1.29 is 27.9 Å². The number of carbonyl (C=O) groups is 2. The van der Waals surface area contributed by atoms with Crippen LogP contribution in [0.25, 0.3) is 28.3 Å². The molecule has 11 heteroatoms. The number of carboxylic acid groups (broad SMARTS) is 1. The van der Waals surface area contributed by atoms with Crippen LogP contribution in [0, 0.1) is 17.6 Å². The summed E-state index contributed by atoms with van der Waals surface area (Å²) in [5.41, 5.74) is 3.29. The highest BCUT2D eigenvalue weighted by Gasteiger charge is 2.40. The zero-order chi connectivity index (χ0) is 30.7. The van der Waals surface area contributed by atoms with Gasteiger partial charge < -0.3 is 10.0 Å². The van der Waals surface area contributed by atoms with Crippen LogP contribution in [-0.4, -0.2) is 48.0 Å². The smallest absolute Gasteiger partial charge is 0.303 e. The molecule has 0 radical (unpaired) electrons. The molecule has 1 amide bonds. The Morgan fingerprint density at radius 1 is 1.00 bits per heavy atom. The summed E-state index contributed by atoms with van der Waals surface area (Å²) >= 11 is 0. The first kappa shape index (κ1) is 27.8. The van der Waals surface area contributed by atoms with E-state index in [1.165, 1.54) is 33.7 Å². The molecular weight excluding hydrogens is 571 g/mol. The maximum atomic E-state index is 15.4. The number of aromatic nitrogens is 4. The maximum Gasteiger partial charge on any atom is 0.303 e. The molecule has 222 valence electrons. The highest BCUT2D eigenvalue weighted by Crippen LogP contribution is 2.50. The lowest BCUT2D eigenvalue weighted by Gasteiger charge is -2.36. The average molecular weight is 598 g/mol. The predicted octanol–water partition coefficient (Wildman–Crippen LogP) is 6.54. The fraction of sp³-hybridized carbons (Fsp3) is 0.242. The molecule has 1 N–H and O–H groups in total. The summed E-state index contributed by atoms with van der Waals surface area (Å²) in [4.78, 5) is 35.1. The van der Waals surface area contributed by atoms with Crippen LogP contribution < -0.4 is 0 Å². The number of halogens is 3. The van der Waals surface area contributed by atoms with Crippen molar-refractivity contribution in [3.63, 3.8) is 0 Å². The van der Waals surface area contributed by atoms with Gasteiger partial charge >= 0.3 is 5.97 Å². The van der Waals surface area contributed by atoms with Gasteiger partial charge in [0.1, 0.15) is 23.5 Å². The van der Waals surface area contributed by atoms with Gasteiger partial charge in [0.05, 0.1) is 35.9 Å². The molecule has 1 unspecified atom stereocenters. The van der Waals surface area contributed by atoms with E-state index >= 15 is 8.78 Å². The summed E-state index contributed by atoms with van der Waals surface area (Å²) in [7, 11) is 0. The zero-order valence-corrected chi connectivity index (χ0v) is 23.5. The van der Waals surface area contributed by atoms with Gasteiger partial charge in [-0.05, 0) is 72.2 Å². The van der Waals surface area contributed by atoms with E-state index in [0.29, 0.717) is 28.9 Å². The number of fused-ring (bicyclic) bond motifs is 2. The minimum Gasteiger partial charge on any atom is -0.481 e. The van der Waals surface area contributed by atoms with E-state index in [1.54, 1.807) is 42.5 Å². The summed E-state index contributed by atoms with van der Waals surface area (Å²) < 4.78 is 45.8. The number of carboxylic acids is 1. The van der Waals surface area contributed by atoms with Crippen LogP contribution in [0.2, 0.25) is 0 Å². The summed E-state index contributed by atoms with van der Waals surface area (Å²) in [6.45, 7) is 1.68. The summed E-state index contributed by atoms with van der Waals surface area (Å²) in [6.07, 6.45) is 0.412. The van der Waals surface area contributed by atoms with Crippen LogP contribution in [0.4, 0.5) is 13.2 Å². The van der Waals surface area contributed by atoms with Crippen molar-refractivity contribution in [1.82, 2.24) is 24.5 Å². The van der Waals surface area contributed by atoms with Crippen LogP contribution in [0.3, 0.4) is 0 Å². The number of benzene rings is 2. The average Bonchev–Trinajstić information content (AvgIpc) is 3.63. The van der Waals surface area contributed by atoms with Gasteiger partial charge in [0.15, 0.2) is 5.65 Å². The van der Waals surface area contributed by atoms with Crippen molar-refractivity contribution in [1.29, 1.82) is 0 Å². The van der Waals surface area contributed by atoms with E-state index in [1.807, 2.05) is 6.92 Å². The second kappa shape index (κ2) is 10.6. The normalized spacial score (nSPS) is 20.9. The molecule has 1 aliphatic carbocycles. The van der Waals surface area contributed by atoms with Crippen molar-refractivity contribution in [2.75, 3.05) is 6.54 Å². The molecule has 7 rings (SSSR count). The van der Waals surface area contributed by atoms with Crippen molar-refractivity contribution >= 4 is 17.5 Å². The first-order valence-electron chi connectivity index (χ1n) is 14.3. The largest absolute Gasteiger partial charge is 0.481 e. The minimum atomic E-state index is -1.36. The zero-order valence-electron chi connectivity index (χ0n) is 23.5. The van der Waals surface area contributed by atoms with Crippen molar-refractivity contribution in [3.05, 3.63) is 107 Å². The molecule has 4 atom stereocenters. The molecule has 2 aliphatic rings.